The maximum atomic E-state index is 13.3. The fourth-order valence-electron chi connectivity index (χ4n) is 3.56. The number of rotatable bonds is 5. The van der Waals surface area contributed by atoms with E-state index >= 15 is 0 Å². The van der Waals surface area contributed by atoms with Crippen LogP contribution in [0.1, 0.15) is 48.2 Å². The second-order valence-electron chi connectivity index (χ2n) is 7.29. The molecule has 1 aliphatic heterocycles. The highest BCUT2D eigenvalue weighted by atomic mass is 16.2. The van der Waals surface area contributed by atoms with Gasteiger partial charge in [-0.05, 0) is 56.7 Å². The molecule has 1 fully saturated rings. The highest BCUT2D eigenvalue weighted by Gasteiger charge is 2.45. The SMILES string of the molecule is CCC(C)N(C(=O)c1cccc(C)c1)C1CC(=O)N(c2ccc(C#N)cc2)C1=O. The standard InChI is InChI=1S/C23H23N3O3/c1-4-16(3)25(22(28)18-7-5-6-15(2)12-18)20-13-21(27)26(23(20)29)19-10-8-17(14-24)9-11-19/h5-12,16,20H,4,13H2,1-3H3. The van der Waals surface area contributed by atoms with Crippen LogP contribution < -0.4 is 4.90 Å². The number of hydrogen-bond donors (Lipinski definition) is 0. The van der Waals surface area contributed by atoms with Crippen molar-refractivity contribution in [1.29, 1.82) is 5.26 Å². The van der Waals surface area contributed by atoms with Gasteiger partial charge < -0.3 is 4.90 Å². The quantitative estimate of drug-likeness (QED) is 0.734. The van der Waals surface area contributed by atoms with Gasteiger partial charge in [0.15, 0.2) is 0 Å². The Hall–Kier alpha value is -3.46. The lowest BCUT2D eigenvalue weighted by molar-refractivity contribution is -0.122. The molecule has 1 aliphatic rings. The van der Waals surface area contributed by atoms with E-state index in [1.54, 1.807) is 41.3 Å². The van der Waals surface area contributed by atoms with Crippen LogP contribution in [0.25, 0.3) is 0 Å². The summed E-state index contributed by atoms with van der Waals surface area (Å²) in [5.74, 6) is -1.02. The maximum Gasteiger partial charge on any atom is 0.257 e. The number of imide groups is 1. The number of nitriles is 1. The first-order chi connectivity index (χ1) is 13.9. The minimum absolute atomic E-state index is 0.0548. The molecule has 2 aromatic rings. The van der Waals surface area contributed by atoms with Gasteiger partial charge in [-0.2, -0.15) is 5.26 Å². The van der Waals surface area contributed by atoms with E-state index in [1.807, 2.05) is 39.0 Å². The first kappa shape index (κ1) is 20.3. The van der Waals surface area contributed by atoms with E-state index in [9.17, 15) is 14.4 Å². The Labute approximate surface area is 170 Å². The van der Waals surface area contributed by atoms with E-state index in [-0.39, 0.29) is 24.3 Å². The fraction of sp³-hybridized carbons (Fsp3) is 0.304. The molecule has 0 N–H and O–H groups in total. The maximum absolute atomic E-state index is 13.3. The first-order valence-corrected chi connectivity index (χ1v) is 9.63. The van der Waals surface area contributed by atoms with Crippen molar-refractivity contribution in [3.05, 3.63) is 65.2 Å². The Balaban J connectivity index is 1.94. The van der Waals surface area contributed by atoms with Crippen LogP contribution in [0.15, 0.2) is 48.5 Å². The number of anilines is 1. The van der Waals surface area contributed by atoms with Gasteiger partial charge in [0.25, 0.3) is 11.8 Å². The number of hydrogen-bond acceptors (Lipinski definition) is 4. The Morgan fingerprint density at radius 3 is 2.52 bits per heavy atom. The molecule has 1 saturated heterocycles. The van der Waals surface area contributed by atoms with E-state index in [0.717, 1.165) is 10.5 Å². The smallest absolute Gasteiger partial charge is 0.257 e. The molecule has 2 unspecified atom stereocenters. The van der Waals surface area contributed by atoms with Gasteiger partial charge in [-0.3, -0.25) is 14.4 Å². The molecule has 6 nitrogen and oxygen atoms in total. The zero-order chi connectivity index (χ0) is 21.1. The second-order valence-corrected chi connectivity index (χ2v) is 7.29. The zero-order valence-electron chi connectivity index (χ0n) is 16.8. The molecule has 6 heteroatoms. The van der Waals surface area contributed by atoms with Crippen molar-refractivity contribution < 1.29 is 14.4 Å². The van der Waals surface area contributed by atoms with Crippen molar-refractivity contribution in [2.24, 2.45) is 0 Å². The van der Waals surface area contributed by atoms with Gasteiger partial charge in [0, 0.05) is 11.6 Å². The van der Waals surface area contributed by atoms with Crippen LogP contribution >= 0.6 is 0 Å². The number of amides is 3. The molecule has 148 valence electrons. The van der Waals surface area contributed by atoms with Gasteiger partial charge >= 0.3 is 0 Å². The lowest BCUT2D eigenvalue weighted by Crippen LogP contribution is -2.49. The minimum atomic E-state index is -0.846. The van der Waals surface area contributed by atoms with Crippen LogP contribution in [0.4, 0.5) is 5.69 Å². The molecule has 3 amide bonds. The summed E-state index contributed by atoms with van der Waals surface area (Å²) >= 11 is 0. The van der Waals surface area contributed by atoms with E-state index in [4.69, 9.17) is 5.26 Å². The summed E-state index contributed by atoms with van der Waals surface area (Å²) in [4.78, 5) is 41.8. The van der Waals surface area contributed by atoms with E-state index in [0.29, 0.717) is 23.2 Å². The molecule has 0 spiro atoms. The molecular weight excluding hydrogens is 366 g/mol. The summed E-state index contributed by atoms with van der Waals surface area (Å²) in [6, 6.07) is 14.5. The van der Waals surface area contributed by atoms with Crippen molar-refractivity contribution in [2.75, 3.05) is 4.90 Å². The summed E-state index contributed by atoms with van der Waals surface area (Å²) in [6.45, 7) is 5.73. The summed E-state index contributed by atoms with van der Waals surface area (Å²) in [5, 5.41) is 8.95. The summed E-state index contributed by atoms with van der Waals surface area (Å²) in [6.07, 6.45) is 0.604. The topological polar surface area (TPSA) is 81.5 Å². The fourth-order valence-corrected chi connectivity index (χ4v) is 3.56. The van der Waals surface area contributed by atoms with E-state index in [1.165, 1.54) is 0 Å². The third kappa shape index (κ3) is 3.90. The minimum Gasteiger partial charge on any atom is -0.323 e. The molecule has 29 heavy (non-hydrogen) atoms. The molecule has 0 aliphatic carbocycles. The Bertz CT molecular complexity index is 991. The van der Waals surface area contributed by atoms with Gasteiger partial charge in [0.05, 0.1) is 23.7 Å². The van der Waals surface area contributed by atoms with Gasteiger partial charge in [-0.25, -0.2) is 4.90 Å². The first-order valence-electron chi connectivity index (χ1n) is 9.63. The monoisotopic (exact) mass is 389 g/mol. The molecule has 0 aromatic heterocycles. The summed E-state index contributed by atoms with van der Waals surface area (Å²) < 4.78 is 0. The van der Waals surface area contributed by atoms with Crippen LogP contribution in [0.3, 0.4) is 0 Å². The van der Waals surface area contributed by atoms with Crippen LogP contribution in [0.5, 0.6) is 0 Å². The molecule has 0 radical (unpaired) electrons. The molecule has 2 atom stereocenters. The van der Waals surface area contributed by atoms with Gasteiger partial charge in [0.1, 0.15) is 6.04 Å². The van der Waals surface area contributed by atoms with Crippen molar-refractivity contribution in [3.63, 3.8) is 0 Å². The third-order valence-electron chi connectivity index (χ3n) is 5.28. The van der Waals surface area contributed by atoms with Gasteiger partial charge in [0.2, 0.25) is 5.91 Å². The number of aryl methyl sites for hydroxylation is 1. The Morgan fingerprint density at radius 1 is 1.24 bits per heavy atom. The van der Waals surface area contributed by atoms with Crippen LogP contribution in [0, 0.1) is 18.3 Å². The predicted molar refractivity (Wildman–Crippen MR) is 109 cm³/mol. The lowest BCUT2D eigenvalue weighted by atomic mass is 10.0. The van der Waals surface area contributed by atoms with Crippen LogP contribution in [0.2, 0.25) is 0 Å². The lowest BCUT2D eigenvalue weighted by Gasteiger charge is -2.33. The number of nitrogens with zero attached hydrogens (tertiary/aromatic N) is 3. The van der Waals surface area contributed by atoms with Crippen LogP contribution in [-0.2, 0) is 9.59 Å². The van der Waals surface area contributed by atoms with E-state index in [2.05, 4.69) is 0 Å². The number of benzene rings is 2. The van der Waals surface area contributed by atoms with E-state index < -0.39 is 11.9 Å². The van der Waals surface area contributed by atoms with Crippen molar-refractivity contribution in [3.8, 4) is 6.07 Å². The Morgan fingerprint density at radius 2 is 1.93 bits per heavy atom. The normalized spacial score (nSPS) is 17.2. The third-order valence-corrected chi connectivity index (χ3v) is 5.28. The number of carbonyl (C=O) groups excluding carboxylic acids is 3. The Kier molecular flexibility index (Phi) is 5.79. The second kappa shape index (κ2) is 8.27. The molecule has 2 aromatic carbocycles. The summed E-state index contributed by atoms with van der Waals surface area (Å²) in [7, 11) is 0. The van der Waals surface area contributed by atoms with Gasteiger partial charge in [-0.1, -0.05) is 24.6 Å². The molecule has 3 rings (SSSR count). The van der Waals surface area contributed by atoms with Crippen molar-refractivity contribution >= 4 is 23.4 Å². The molecule has 0 bridgehead atoms. The predicted octanol–water partition coefficient (Wildman–Crippen LogP) is 3.44. The largest absolute Gasteiger partial charge is 0.323 e. The number of carbonyl (C=O) groups is 3. The highest BCUT2D eigenvalue weighted by molar-refractivity contribution is 6.23. The average Bonchev–Trinajstić information content (AvgIpc) is 3.01. The highest BCUT2D eigenvalue weighted by Crippen LogP contribution is 2.28. The van der Waals surface area contributed by atoms with Gasteiger partial charge in [-0.15, -0.1) is 0 Å². The molecular formula is C23H23N3O3. The molecule has 0 saturated carbocycles. The van der Waals surface area contributed by atoms with Crippen LogP contribution in [-0.4, -0.2) is 34.7 Å². The zero-order valence-corrected chi connectivity index (χ0v) is 16.8. The van der Waals surface area contributed by atoms with Crippen molar-refractivity contribution in [2.45, 2.75) is 45.7 Å². The van der Waals surface area contributed by atoms with Crippen molar-refractivity contribution in [1.82, 2.24) is 4.90 Å². The summed E-state index contributed by atoms with van der Waals surface area (Å²) in [5.41, 5.74) is 2.31. The average molecular weight is 389 g/mol. The molecule has 1 heterocycles.